The summed E-state index contributed by atoms with van der Waals surface area (Å²) in [5.41, 5.74) is 2.86. The third kappa shape index (κ3) is 3.37. The Morgan fingerprint density at radius 1 is 1.13 bits per heavy atom. The summed E-state index contributed by atoms with van der Waals surface area (Å²) < 4.78 is 1.65. The molecule has 6 nitrogen and oxygen atoms in total. The van der Waals surface area contributed by atoms with Gasteiger partial charge in [0.05, 0.1) is 23.8 Å². The highest BCUT2D eigenvalue weighted by Crippen LogP contribution is 2.13. The van der Waals surface area contributed by atoms with Gasteiger partial charge in [-0.1, -0.05) is 11.6 Å². The first-order chi connectivity index (χ1) is 11.0. The second-order valence-electron chi connectivity index (χ2n) is 5.07. The molecule has 2 aromatic heterocycles. The SMILES string of the molecule is Cc1cc(C)n(-c2ncc(NC(=O)c3ccc(Cl)cc3)cn2)n1. The summed E-state index contributed by atoms with van der Waals surface area (Å²) >= 11 is 5.81. The van der Waals surface area contributed by atoms with Crippen molar-refractivity contribution in [2.45, 2.75) is 13.8 Å². The van der Waals surface area contributed by atoms with Crippen molar-refractivity contribution in [2.24, 2.45) is 0 Å². The Morgan fingerprint density at radius 2 is 1.78 bits per heavy atom. The molecule has 0 saturated carbocycles. The van der Waals surface area contributed by atoms with Gasteiger partial charge in [-0.3, -0.25) is 4.79 Å². The van der Waals surface area contributed by atoms with Crippen LogP contribution in [0.5, 0.6) is 0 Å². The van der Waals surface area contributed by atoms with Gasteiger partial charge in [0.2, 0.25) is 0 Å². The van der Waals surface area contributed by atoms with Crippen LogP contribution in [0.2, 0.25) is 5.02 Å². The number of hydrogen-bond acceptors (Lipinski definition) is 4. The topological polar surface area (TPSA) is 72.7 Å². The number of carbonyl (C=O) groups excluding carboxylic acids is 1. The fraction of sp³-hybridized carbons (Fsp3) is 0.125. The van der Waals surface area contributed by atoms with Gasteiger partial charge in [-0.2, -0.15) is 5.10 Å². The zero-order valence-corrected chi connectivity index (χ0v) is 13.4. The quantitative estimate of drug-likeness (QED) is 0.802. The van der Waals surface area contributed by atoms with Gasteiger partial charge in [0.15, 0.2) is 0 Å². The van der Waals surface area contributed by atoms with E-state index in [4.69, 9.17) is 11.6 Å². The highest BCUT2D eigenvalue weighted by atomic mass is 35.5. The summed E-state index contributed by atoms with van der Waals surface area (Å²) in [5, 5.41) is 7.64. The predicted octanol–water partition coefficient (Wildman–Crippen LogP) is 3.18. The number of aromatic nitrogens is 4. The number of anilines is 1. The molecule has 0 unspecified atom stereocenters. The molecule has 0 fully saturated rings. The minimum absolute atomic E-state index is 0.246. The second-order valence-corrected chi connectivity index (χ2v) is 5.51. The lowest BCUT2D eigenvalue weighted by Gasteiger charge is -2.06. The van der Waals surface area contributed by atoms with E-state index in [2.05, 4.69) is 20.4 Å². The van der Waals surface area contributed by atoms with E-state index in [0.717, 1.165) is 11.4 Å². The van der Waals surface area contributed by atoms with Gasteiger partial charge in [-0.15, -0.1) is 0 Å². The number of rotatable bonds is 3. The van der Waals surface area contributed by atoms with Crippen LogP contribution in [-0.4, -0.2) is 25.7 Å². The number of benzene rings is 1. The molecule has 0 saturated heterocycles. The molecular weight excluding hydrogens is 314 g/mol. The van der Waals surface area contributed by atoms with Crippen LogP contribution in [-0.2, 0) is 0 Å². The molecule has 23 heavy (non-hydrogen) atoms. The Kier molecular flexibility index (Phi) is 4.08. The van der Waals surface area contributed by atoms with Crippen LogP contribution in [0.4, 0.5) is 5.69 Å². The lowest BCUT2D eigenvalue weighted by molar-refractivity contribution is 0.102. The molecule has 2 heterocycles. The Bertz CT molecular complexity index is 840. The first-order valence-electron chi connectivity index (χ1n) is 6.95. The number of hydrogen-bond donors (Lipinski definition) is 1. The van der Waals surface area contributed by atoms with Crippen molar-refractivity contribution in [1.82, 2.24) is 19.7 Å². The Balaban J connectivity index is 1.76. The molecule has 116 valence electrons. The first kappa shape index (κ1) is 15.2. The van der Waals surface area contributed by atoms with Crippen molar-refractivity contribution in [3.05, 3.63) is 64.7 Å². The van der Waals surface area contributed by atoms with Crippen LogP contribution in [0.1, 0.15) is 21.7 Å². The molecule has 0 aliphatic rings. The van der Waals surface area contributed by atoms with Crippen molar-refractivity contribution in [3.63, 3.8) is 0 Å². The minimum Gasteiger partial charge on any atom is -0.319 e. The third-order valence-corrected chi connectivity index (χ3v) is 3.45. The van der Waals surface area contributed by atoms with Crippen molar-refractivity contribution in [3.8, 4) is 5.95 Å². The average molecular weight is 328 g/mol. The standard InChI is InChI=1S/C16H14ClN5O/c1-10-7-11(2)22(21-10)16-18-8-14(9-19-16)20-15(23)12-3-5-13(17)6-4-12/h3-9H,1-2H3,(H,20,23). The maximum atomic E-state index is 12.1. The van der Waals surface area contributed by atoms with E-state index in [1.54, 1.807) is 41.3 Å². The summed E-state index contributed by atoms with van der Waals surface area (Å²) in [4.78, 5) is 20.6. The molecule has 1 amide bonds. The molecule has 1 N–H and O–H groups in total. The number of aryl methyl sites for hydroxylation is 2. The van der Waals surface area contributed by atoms with Gasteiger partial charge < -0.3 is 5.32 Å². The Hall–Kier alpha value is -2.73. The highest BCUT2D eigenvalue weighted by Gasteiger charge is 2.09. The Labute approximate surface area is 138 Å². The number of amides is 1. The lowest BCUT2D eigenvalue weighted by Crippen LogP contribution is -2.13. The molecule has 0 aliphatic heterocycles. The van der Waals surface area contributed by atoms with Crippen molar-refractivity contribution in [2.75, 3.05) is 5.32 Å². The number of nitrogens with one attached hydrogen (secondary N) is 1. The normalized spacial score (nSPS) is 10.6. The van der Waals surface area contributed by atoms with Crippen LogP contribution >= 0.6 is 11.6 Å². The van der Waals surface area contributed by atoms with E-state index in [1.807, 2.05) is 19.9 Å². The van der Waals surface area contributed by atoms with Gasteiger partial charge in [0.25, 0.3) is 11.9 Å². The smallest absolute Gasteiger partial charge is 0.255 e. The fourth-order valence-electron chi connectivity index (χ4n) is 2.13. The van der Waals surface area contributed by atoms with Crippen LogP contribution in [0.25, 0.3) is 5.95 Å². The predicted molar refractivity (Wildman–Crippen MR) is 88.0 cm³/mol. The number of halogens is 1. The number of carbonyl (C=O) groups is 1. The number of nitrogens with zero attached hydrogens (tertiary/aromatic N) is 4. The van der Waals surface area contributed by atoms with Crippen LogP contribution in [0.15, 0.2) is 42.7 Å². The van der Waals surface area contributed by atoms with Crippen LogP contribution in [0.3, 0.4) is 0 Å². The van der Waals surface area contributed by atoms with Gasteiger partial charge in [0.1, 0.15) is 0 Å². The zero-order chi connectivity index (χ0) is 16.4. The zero-order valence-electron chi connectivity index (χ0n) is 12.6. The van der Waals surface area contributed by atoms with E-state index >= 15 is 0 Å². The van der Waals surface area contributed by atoms with Crippen LogP contribution in [0, 0.1) is 13.8 Å². The summed E-state index contributed by atoms with van der Waals surface area (Å²) in [5.74, 6) is 0.212. The first-order valence-corrected chi connectivity index (χ1v) is 7.33. The Morgan fingerprint density at radius 3 is 2.35 bits per heavy atom. The molecule has 3 aromatic rings. The van der Waals surface area contributed by atoms with E-state index in [0.29, 0.717) is 22.2 Å². The largest absolute Gasteiger partial charge is 0.319 e. The third-order valence-electron chi connectivity index (χ3n) is 3.20. The molecule has 0 radical (unpaired) electrons. The van der Waals surface area contributed by atoms with Gasteiger partial charge in [-0.05, 0) is 44.2 Å². The second kappa shape index (κ2) is 6.18. The van der Waals surface area contributed by atoms with E-state index in [-0.39, 0.29) is 5.91 Å². The summed E-state index contributed by atoms with van der Waals surface area (Å²) in [6.45, 7) is 3.84. The van der Waals surface area contributed by atoms with E-state index in [1.165, 1.54) is 0 Å². The molecule has 3 rings (SSSR count). The highest BCUT2D eigenvalue weighted by molar-refractivity contribution is 6.30. The molecule has 0 bridgehead atoms. The minimum atomic E-state index is -0.246. The van der Waals surface area contributed by atoms with E-state index in [9.17, 15) is 4.79 Å². The summed E-state index contributed by atoms with van der Waals surface area (Å²) in [6.07, 6.45) is 3.10. The maximum absolute atomic E-state index is 12.1. The molecule has 1 aromatic carbocycles. The van der Waals surface area contributed by atoms with Crippen molar-refractivity contribution < 1.29 is 4.79 Å². The van der Waals surface area contributed by atoms with Gasteiger partial charge >= 0.3 is 0 Å². The average Bonchev–Trinajstić information content (AvgIpc) is 2.87. The molecule has 7 heteroatoms. The van der Waals surface area contributed by atoms with Crippen molar-refractivity contribution >= 4 is 23.2 Å². The summed E-state index contributed by atoms with van der Waals surface area (Å²) in [6, 6.07) is 8.59. The fourth-order valence-corrected chi connectivity index (χ4v) is 2.26. The monoisotopic (exact) mass is 327 g/mol. The maximum Gasteiger partial charge on any atom is 0.255 e. The van der Waals surface area contributed by atoms with Crippen molar-refractivity contribution in [1.29, 1.82) is 0 Å². The molecule has 0 atom stereocenters. The molecule has 0 spiro atoms. The molecule has 0 aliphatic carbocycles. The van der Waals surface area contributed by atoms with E-state index < -0.39 is 0 Å². The van der Waals surface area contributed by atoms with Crippen LogP contribution < -0.4 is 5.32 Å². The summed E-state index contributed by atoms with van der Waals surface area (Å²) in [7, 11) is 0. The lowest BCUT2D eigenvalue weighted by atomic mass is 10.2. The van der Waals surface area contributed by atoms with Gasteiger partial charge in [0, 0.05) is 16.3 Å². The van der Waals surface area contributed by atoms with Gasteiger partial charge in [-0.25, -0.2) is 14.6 Å². The molecular formula is C16H14ClN5O.